The number of carbonyl (C=O) groups excluding carboxylic acids is 5. The van der Waals surface area contributed by atoms with Crippen LogP contribution in [0, 0.1) is 0 Å². The average molecular weight is 678 g/mol. The molecule has 4 amide bonds. The molecule has 48 heavy (non-hydrogen) atoms. The summed E-state index contributed by atoms with van der Waals surface area (Å²) in [5, 5.41) is 4.32. The second-order valence-electron chi connectivity index (χ2n) is 12.2. The van der Waals surface area contributed by atoms with Gasteiger partial charge in [-0.3, -0.25) is 19.2 Å². The minimum atomic E-state index is -5.19. The molecule has 262 valence electrons. The van der Waals surface area contributed by atoms with E-state index in [-0.39, 0.29) is 56.1 Å². The van der Waals surface area contributed by atoms with E-state index in [9.17, 15) is 37.1 Å². The first-order chi connectivity index (χ1) is 22.6. The Bertz CT molecular complexity index is 1440. The van der Waals surface area contributed by atoms with E-state index < -0.39 is 47.6 Å². The number of piperazine rings is 1. The van der Waals surface area contributed by atoms with Crippen molar-refractivity contribution in [3.8, 4) is 11.3 Å². The summed E-state index contributed by atoms with van der Waals surface area (Å²) in [6.07, 6.45) is -3.40. The second-order valence-corrected chi connectivity index (χ2v) is 12.2. The lowest BCUT2D eigenvalue weighted by atomic mass is 10.1. The van der Waals surface area contributed by atoms with Gasteiger partial charge in [0.05, 0.1) is 12.3 Å². The van der Waals surface area contributed by atoms with Crippen LogP contribution in [0.25, 0.3) is 11.3 Å². The highest BCUT2D eigenvalue weighted by Crippen LogP contribution is 2.24. The molecule has 0 bridgehead atoms. The Morgan fingerprint density at radius 3 is 2.19 bits per heavy atom. The maximum Gasteiger partial charge on any atom is 0.471 e. The van der Waals surface area contributed by atoms with Crippen molar-refractivity contribution < 1.29 is 46.6 Å². The number of anilines is 1. The highest BCUT2D eigenvalue weighted by Gasteiger charge is 2.39. The summed E-state index contributed by atoms with van der Waals surface area (Å²) in [6.45, 7) is 8.04. The van der Waals surface area contributed by atoms with Gasteiger partial charge in [-0.05, 0) is 45.7 Å². The van der Waals surface area contributed by atoms with Crippen molar-refractivity contribution in [2.24, 2.45) is 0 Å². The monoisotopic (exact) mass is 677 g/mol. The summed E-state index contributed by atoms with van der Waals surface area (Å²) < 4.78 is 49.8. The number of nitrogens with zero attached hydrogens (tertiary/aromatic N) is 3. The summed E-state index contributed by atoms with van der Waals surface area (Å²) in [7, 11) is 0. The number of benzene rings is 1. The van der Waals surface area contributed by atoms with E-state index in [0.717, 1.165) is 25.3 Å². The van der Waals surface area contributed by atoms with Crippen LogP contribution in [0.4, 0.5) is 23.7 Å². The molecule has 1 aromatic heterocycles. The van der Waals surface area contributed by atoms with Crippen molar-refractivity contribution in [1.82, 2.24) is 20.1 Å². The lowest BCUT2D eigenvalue weighted by molar-refractivity contribution is -0.167. The molecule has 2 N–H and O–H groups in total. The fraction of sp³-hybridized carbons (Fsp3) is 0.515. The van der Waals surface area contributed by atoms with E-state index in [2.05, 4.69) is 10.3 Å². The predicted molar refractivity (Wildman–Crippen MR) is 170 cm³/mol. The van der Waals surface area contributed by atoms with E-state index in [1.807, 2.05) is 6.92 Å². The van der Waals surface area contributed by atoms with E-state index >= 15 is 0 Å². The Hall–Kier alpha value is -4.69. The summed E-state index contributed by atoms with van der Waals surface area (Å²) in [6, 6.07) is 9.17. The van der Waals surface area contributed by atoms with Gasteiger partial charge in [0.2, 0.25) is 5.91 Å². The van der Waals surface area contributed by atoms with Crippen LogP contribution in [0.5, 0.6) is 0 Å². The number of hydrogen-bond donors (Lipinski definition) is 2. The number of pyridine rings is 1. The van der Waals surface area contributed by atoms with Crippen LogP contribution in [0.2, 0.25) is 0 Å². The Morgan fingerprint density at radius 2 is 1.58 bits per heavy atom. The molecule has 1 atom stereocenters. The molecule has 3 rings (SSSR count). The molecule has 1 aliphatic rings. The fourth-order valence-corrected chi connectivity index (χ4v) is 4.75. The van der Waals surface area contributed by atoms with Crippen LogP contribution in [-0.4, -0.2) is 95.2 Å². The normalized spacial score (nSPS) is 14.1. The van der Waals surface area contributed by atoms with Crippen LogP contribution in [0.1, 0.15) is 70.3 Å². The minimum Gasteiger partial charge on any atom is -0.460 e. The van der Waals surface area contributed by atoms with Crippen molar-refractivity contribution in [2.75, 3.05) is 38.1 Å². The summed E-state index contributed by atoms with van der Waals surface area (Å²) >= 11 is 0. The van der Waals surface area contributed by atoms with Crippen LogP contribution >= 0.6 is 0 Å². The third kappa shape index (κ3) is 11.8. The molecule has 1 fully saturated rings. The molecule has 0 aliphatic carbocycles. The number of alkyl halides is 3. The van der Waals surface area contributed by atoms with E-state index in [1.165, 1.54) is 15.9 Å². The summed E-state index contributed by atoms with van der Waals surface area (Å²) in [5.41, 5.74) is -0.963. The van der Waals surface area contributed by atoms with Crippen molar-refractivity contribution in [3.63, 3.8) is 0 Å². The van der Waals surface area contributed by atoms with Crippen molar-refractivity contribution >= 4 is 35.5 Å². The summed E-state index contributed by atoms with van der Waals surface area (Å²) in [5.74, 6) is -4.31. The smallest absolute Gasteiger partial charge is 0.460 e. The first-order valence-corrected chi connectivity index (χ1v) is 15.8. The van der Waals surface area contributed by atoms with Crippen LogP contribution < -0.4 is 10.6 Å². The zero-order valence-corrected chi connectivity index (χ0v) is 27.5. The highest BCUT2D eigenvalue weighted by molar-refractivity contribution is 6.00. The molecule has 0 unspecified atom stereocenters. The SMILES string of the molecule is CCCCCOC(=O)N1CCN(C(=O)[C@H](CCC(=O)OC(C)(C)C)NC(=O)c2cc(NC(=O)C(F)(F)F)cc(-c3ccccc3)n2)CC1. The number of rotatable bonds is 12. The quantitative estimate of drug-likeness (QED) is 0.237. The second kappa shape index (κ2) is 16.9. The molecule has 1 aliphatic heterocycles. The Morgan fingerprint density at radius 1 is 0.938 bits per heavy atom. The van der Waals surface area contributed by atoms with Gasteiger partial charge in [0, 0.05) is 43.9 Å². The molecule has 12 nitrogen and oxygen atoms in total. The first-order valence-electron chi connectivity index (χ1n) is 15.8. The number of hydrogen-bond acceptors (Lipinski definition) is 8. The van der Waals surface area contributed by atoms with Crippen molar-refractivity contribution in [3.05, 3.63) is 48.2 Å². The van der Waals surface area contributed by atoms with Gasteiger partial charge >= 0.3 is 24.1 Å². The van der Waals surface area contributed by atoms with Gasteiger partial charge in [-0.25, -0.2) is 9.78 Å². The van der Waals surface area contributed by atoms with Gasteiger partial charge in [0.1, 0.15) is 17.3 Å². The topological polar surface area (TPSA) is 147 Å². The van der Waals surface area contributed by atoms with Crippen LogP contribution in [-0.2, 0) is 23.9 Å². The largest absolute Gasteiger partial charge is 0.471 e. The molecule has 2 heterocycles. The number of esters is 1. The average Bonchev–Trinajstić information content (AvgIpc) is 3.03. The van der Waals surface area contributed by atoms with E-state index in [4.69, 9.17) is 9.47 Å². The van der Waals surface area contributed by atoms with Crippen LogP contribution in [0.3, 0.4) is 0 Å². The molecule has 0 radical (unpaired) electrons. The zero-order chi connectivity index (χ0) is 35.5. The third-order valence-electron chi connectivity index (χ3n) is 7.13. The lowest BCUT2D eigenvalue weighted by Crippen LogP contribution is -2.56. The number of ether oxygens (including phenoxy) is 2. The molecule has 15 heteroatoms. The third-order valence-corrected chi connectivity index (χ3v) is 7.13. The number of unbranched alkanes of at least 4 members (excludes halogenated alkanes) is 2. The molecule has 0 saturated carbocycles. The molecule has 1 saturated heterocycles. The molecular formula is C33H42F3N5O7. The standard InChI is InChI=1S/C33H42F3N5O7/c1-5-6-10-19-47-31(46)41-17-15-40(16-18-41)29(44)24(13-14-27(42)48-32(2,3)4)39-28(43)26-21-23(37-30(45)33(34,35)36)20-25(38-26)22-11-8-7-9-12-22/h7-9,11-12,20-21,24H,5-6,10,13-19H2,1-4H3,(H,39,43)(H,37,38,45)/t24-/m0/s1. The van der Waals surface area contributed by atoms with Gasteiger partial charge < -0.3 is 29.9 Å². The fourth-order valence-electron chi connectivity index (χ4n) is 4.75. The number of nitrogens with one attached hydrogen (secondary N) is 2. The number of aromatic nitrogens is 1. The Balaban J connectivity index is 1.82. The maximum absolute atomic E-state index is 13.7. The molecular weight excluding hydrogens is 635 g/mol. The predicted octanol–water partition coefficient (Wildman–Crippen LogP) is 4.94. The first kappa shape index (κ1) is 37.8. The van der Waals surface area contributed by atoms with Crippen LogP contribution in [0.15, 0.2) is 42.5 Å². The van der Waals surface area contributed by atoms with E-state index in [1.54, 1.807) is 56.4 Å². The van der Waals surface area contributed by atoms with Crippen molar-refractivity contribution in [2.45, 2.75) is 77.6 Å². The Kier molecular flexibility index (Phi) is 13.3. The van der Waals surface area contributed by atoms with Crippen molar-refractivity contribution in [1.29, 1.82) is 0 Å². The molecule has 2 aromatic rings. The number of amides is 4. The number of carbonyl (C=O) groups is 5. The van der Waals surface area contributed by atoms with Gasteiger partial charge in [-0.15, -0.1) is 0 Å². The number of halogens is 3. The molecule has 1 aromatic carbocycles. The zero-order valence-electron chi connectivity index (χ0n) is 27.5. The Labute approximate surface area is 277 Å². The maximum atomic E-state index is 13.7. The van der Waals surface area contributed by atoms with Gasteiger partial charge in [-0.1, -0.05) is 50.1 Å². The molecule has 0 spiro atoms. The lowest BCUT2D eigenvalue weighted by Gasteiger charge is -2.36. The summed E-state index contributed by atoms with van der Waals surface area (Å²) in [4.78, 5) is 71.2. The minimum absolute atomic E-state index is 0.0926. The van der Waals surface area contributed by atoms with Gasteiger partial charge in [0.25, 0.3) is 5.91 Å². The van der Waals surface area contributed by atoms with E-state index in [0.29, 0.717) is 12.2 Å². The highest BCUT2D eigenvalue weighted by atomic mass is 19.4. The van der Waals surface area contributed by atoms with Gasteiger partial charge in [-0.2, -0.15) is 13.2 Å². The van der Waals surface area contributed by atoms with Gasteiger partial charge in [0.15, 0.2) is 0 Å².